The van der Waals surface area contributed by atoms with Gasteiger partial charge in [0.25, 0.3) is 0 Å². The third kappa shape index (κ3) is 4.70. The standard InChI is InChI=1S/C17H30N6O/c1-3-18-17(19-12-15-4-6-21(2)13-15)23-9-7-22(8-10-23)14-16-5-11-24-20-16/h5,11,15H,3-4,6-10,12-14H2,1-2H3,(H,18,19). The van der Waals surface area contributed by atoms with Gasteiger partial charge in [0, 0.05) is 58.4 Å². The molecule has 24 heavy (non-hydrogen) atoms. The number of nitrogens with one attached hydrogen (secondary N) is 1. The fourth-order valence-electron chi connectivity index (χ4n) is 3.48. The second-order valence-corrected chi connectivity index (χ2v) is 6.87. The quantitative estimate of drug-likeness (QED) is 0.632. The Kier molecular flexibility index (Phi) is 6.09. The highest BCUT2D eigenvalue weighted by Crippen LogP contribution is 2.15. The Balaban J connectivity index is 1.49. The smallest absolute Gasteiger partial charge is 0.194 e. The first-order valence-electron chi connectivity index (χ1n) is 9.08. The largest absolute Gasteiger partial charge is 0.364 e. The van der Waals surface area contributed by atoms with E-state index in [9.17, 15) is 0 Å². The van der Waals surface area contributed by atoms with Crippen molar-refractivity contribution in [2.75, 3.05) is 59.4 Å². The van der Waals surface area contributed by atoms with Crippen molar-refractivity contribution >= 4 is 5.96 Å². The van der Waals surface area contributed by atoms with Gasteiger partial charge in [0.2, 0.25) is 0 Å². The molecule has 1 N–H and O–H groups in total. The third-order valence-electron chi connectivity index (χ3n) is 4.87. The molecule has 0 saturated carbocycles. The van der Waals surface area contributed by atoms with Crippen LogP contribution >= 0.6 is 0 Å². The maximum Gasteiger partial charge on any atom is 0.194 e. The molecule has 1 unspecified atom stereocenters. The van der Waals surface area contributed by atoms with Crippen molar-refractivity contribution < 1.29 is 4.52 Å². The molecule has 2 fully saturated rings. The highest BCUT2D eigenvalue weighted by Gasteiger charge is 2.22. The number of nitrogens with zero attached hydrogens (tertiary/aromatic N) is 5. The number of aliphatic imine (C=N–C) groups is 1. The van der Waals surface area contributed by atoms with Gasteiger partial charge in [-0.15, -0.1) is 0 Å². The molecule has 0 aromatic carbocycles. The Morgan fingerprint density at radius 2 is 2.17 bits per heavy atom. The average Bonchev–Trinajstić information content (AvgIpc) is 3.24. The van der Waals surface area contributed by atoms with Crippen molar-refractivity contribution in [3.05, 3.63) is 18.0 Å². The van der Waals surface area contributed by atoms with Gasteiger partial charge in [-0.05, 0) is 32.9 Å². The van der Waals surface area contributed by atoms with Crippen LogP contribution in [0.1, 0.15) is 19.0 Å². The Hall–Kier alpha value is -1.60. The second-order valence-electron chi connectivity index (χ2n) is 6.87. The van der Waals surface area contributed by atoms with Crippen LogP contribution < -0.4 is 5.32 Å². The van der Waals surface area contributed by atoms with Gasteiger partial charge in [-0.1, -0.05) is 5.16 Å². The summed E-state index contributed by atoms with van der Waals surface area (Å²) >= 11 is 0. The first-order chi connectivity index (χ1) is 11.7. The molecule has 3 rings (SSSR count). The molecule has 2 aliphatic heterocycles. The van der Waals surface area contributed by atoms with Crippen LogP contribution in [0.25, 0.3) is 0 Å². The summed E-state index contributed by atoms with van der Waals surface area (Å²) in [7, 11) is 2.20. The van der Waals surface area contributed by atoms with E-state index in [-0.39, 0.29) is 0 Å². The SMILES string of the molecule is CCNC(=NCC1CCN(C)C1)N1CCN(Cc2ccon2)CC1. The van der Waals surface area contributed by atoms with Crippen molar-refractivity contribution in [2.24, 2.45) is 10.9 Å². The van der Waals surface area contributed by atoms with E-state index in [1.165, 1.54) is 19.5 Å². The summed E-state index contributed by atoms with van der Waals surface area (Å²) in [4.78, 5) is 12.1. The molecular formula is C17H30N6O. The predicted octanol–water partition coefficient (Wildman–Crippen LogP) is 0.709. The molecule has 1 aromatic heterocycles. The molecule has 0 radical (unpaired) electrons. The highest BCUT2D eigenvalue weighted by molar-refractivity contribution is 5.80. The van der Waals surface area contributed by atoms with Crippen molar-refractivity contribution in [1.29, 1.82) is 0 Å². The molecule has 2 saturated heterocycles. The minimum Gasteiger partial charge on any atom is -0.364 e. The van der Waals surface area contributed by atoms with E-state index >= 15 is 0 Å². The molecule has 0 amide bonds. The lowest BCUT2D eigenvalue weighted by atomic mass is 10.1. The molecule has 2 aliphatic rings. The van der Waals surface area contributed by atoms with Gasteiger partial charge < -0.3 is 19.6 Å². The fraction of sp³-hybridized carbons (Fsp3) is 0.765. The molecule has 3 heterocycles. The van der Waals surface area contributed by atoms with Crippen LogP contribution in [0.2, 0.25) is 0 Å². The molecule has 7 nitrogen and oxygen atoms in total. The Morgan fingerprint density at radius 3 is 2.79 bits per heavy atom. The van der Waals surface area contributed by atoms with Crippen LogP contribution in [-0.2, 0) is 6.54 Å². The fourth-order valence-corrected chi connectivity index (χ4v) is 3.48. The molecule has 1 atom stereocenters. The third-order valence-corrected chi connectivity index (χ3v) is 4.87. The summed E-state index contributed by atoms with van der Waals surface area (Å²) in [6, 6.07) is 1.94. The summed E-state index contributed by atoms with van der Waals surface area (Å²) < 4.78 is 4.92. The maximum absolute atomic E-state index is 4.92. The molecule has 0 spiro atoms. The van der Waals surface area contributed by atoms with Gasteiger partial charge >= 0.3 is 0 Å². The van der Waals surface area contributed by atoms with E-state index < -0.39 is 0 Å². The van der Waals surface area contributed by atoms with Crippen LogP contribution in [0.5, 0.6) is 0 Å². The van der Waals surface area contributed by atoms with Crippen molar-refractivity contribution in [2.45, 2.75) is 19.9 Å². The predicted molar refractivity (Wildman–Crippen MR) is 94.9 cm³/mol. The van der Waals surface area contributed by atoms with E-state index in [1.54, 1.807) is 6.26 Å². The van der Waals surface area contributed by atoms with Gasteiger partial charge in [-0.25, -0.2) is 0 Å². The molecule has 0 aliphatic carbocycles. The summed E-state index contributed by atoms with van der Waals surface area (Å²) in [6.45, 7) is 11.3. The zero-order chi connectivity index (χ0) is 16.8. The van der Waals surface area contributed by atoms with Gasteiger partial charge in [-0.3, -0.25) is 9.89 Å². The van der Waals surface area contributed by atoms with Crippen LogP contribution in [0.3, 0.4) is 0 Å². The second kappa shape index (κ2) is 8.48. The average molecular weight is 334 g/mol. The number of hydrogen-bond acceptors (Lipinski definition) is 5. The van der Waals surface area contributed by atoms with Gasteiger partial charge in [0.05, 0.1) is 5.69 Å². The number of hydrogen-bond donors (Lipinski definition) is 1. The number of guanidine groups is 1. The van der Waals surface area contributed by atoms with Crippen LogP contribution in [0.4, 0.5) is 0 Å². The molecule has 1 aromatic rings. The Morgan fingerprint density at radius 1 is 1.33 bits per heavy atom. The first kappa shape index (κ1) is 17.2. The Labute approximate surface area is 144 Å². The number of aromatic nitrogens is 1. The minimum absolute atomic E-state index is 0.706. The number of rotatable bonds is 5. The molecular weight excluding hydrogens is 304 g/mol. The van der Waals surface area contributed by atoms with Gasteiger partial charge in [-0.2, -0.15) is 0 Å². The van der Waals surface area contributed by atoms with E-state index in [0.717, 1.165) is 57.5 Å². The van der Waals surface area contributed by atoms with Crippen LogP contribution in [0.15, 0.2) is 21.8 Å². The summed E-state index contributed by atoms with van der Waals surface area (Å²) in [5, 5.41) is 7.47. The van der Waals surface area contributed by atoms with Gasteiger partial charge in [0.1, 0.15) is 6.26 Å². The number of likely N-dealkylation sites (tertiary alicyclic amines) is 1. The lowest BCUT2D eigenvalue weighted by Crippen LogP contribution is -2.52. The van der Waals surface area contributed by atoms with Crippen molar-refractivity contribution in [3.63, 3.8) is 0 Å². The number of piperazine rings is 1. The Bertz CT molecular complexity index is 509. The van der Waals surface area contributed by atoms with E-state index in [4.69, 9.17) is 9.52 Å². The summed E-state index contributed by atoms with van der Waals surface area (Å²) in [5.41, 5.74) is 1.01. The minimum atomic E-state index is 0.706. The first-order valence-corrected chi connectivity index (χ1v) is 9.08. The van der Waals surface area contributed by atoms with Crippen LogP contribution in [-0.4, -0.2) is 85.2 Å². The van der Waals surface area contributed by atoms with E-state index in [0.29, 0.717) is 5.92 Å². The van der Waals surface area contributed by atoms with Crippen LogP contribution in [0, 0.1) is 5.92 Å². The summed E-state index contributed by atoms with van der Waals surface area (Å²) in [5.74, 6) is 1.78. The monoisotopic (exact) mass is 334 g/mol. The van der Waals surface area contributed by atoms with Crippen molar-refractivity contribution in [3.8, 4) is 0 Å². The highest BCUT2D eigenvalue weighted by atomic mass is 16.5. The lowest BCUT2D eigenvalue weighted by Gasteiger charge is -2.36. The zero-order valence-electron chi connectivity index (χ0n) is 14.9. The zero-order valence-corrected chi connectivity index (χ0v) is 14.9. The normalized spacial score (nSPS) is 23.8. The topological polar surface area (TPSA) is 60.1 Å². The summed E-state index contributed by atoms with van der Waals surface area (Å²) in [6.07, 6.45) is 2.91. The lowest BCUT2D eigenvalue weighted by molar-refractivity contribution is 0.169. The van der Waals surface area contributed by atoms with Crippen molar-refractivity contribution in [1.82, 2.24) is 25.2 Å². The van der Waals surface area contributed by atoms with E-state index in [2.05, 4.69) is 39.1 Å². The molecule has 7 heteroatoms. The van der Waals surface area contributed by atoms with E-state index in [1.807, 2.05) is 6.07 Å². The van der Waals surface area contributed by atoms with Gasteiger partial charge in [0.15, 0.2) is 5.96 Å². The maximum atomic E-state index is 4.92. The molecule has 134 valence electrons. The molecule has 0 bridgehead atoms.